The second-order valence-electron chi connectivity index (χ2n) is 0. The third-order valence-corrected chi connectivity index (χ3v) is 0. The van der Waals surface area contributed by atoms with E-state index in [4.69, 9.17) is 0 Å². The van der Waals surface area contributed by atoms with Crippen molar-refractivity contribution in [2.75, 3.05) is 0 Å². The zero-order valence-electron chi connectivity index (χ0n) is 3.72. The molecule has 0 aromatic rings. The van der Waals surface area contributed by atoms with E-state index >= 15 is 0 Å². The molecule has 0 rings (SSSR count). The Hall–Kier alpha value is 1.76. The molecular weight excluding hydrogens is 139 g/mol. The van der Waals surface area contributed by atoms with Gasteiger partial charge in [0.2, 0.25) is 0 Å². The van der Waals surface area contributed by atoms with E-state index in [0.29, 0.717) is 0 Å². The van der Waals surface area contributed by atoms with Gasteiger partial charge >= 0.3 is 40.6 Å². The summed E-state index contributed by atoms with van der Waals surface area (Å²) >= 11 is 0. The minimum Gasteiger partial charge on any atom is -2.00 e. The van der Waals surface area contributed by atoms with Gasteiger partial charge in [0.05, 0.1) is 0 Å². The number of hydrogen-bond donors (Lipinski definition) is 0. The van der Waals surface area contributed by atoms with Gasteiger partial charge in [0.1, 0.15) is 0 Å². The smallest absolute Gasteiger partial charge is 2.00 e. The maximum Gasteiger partial charge on any atom is 4.00 e. The van der Waals surface area contributed by atoms with Crippen LogP contribution >= 0.6 is 0 Å². The van der Waals surface area contributed by atoms with Crippen LogP contribution in [0.15, 0.2) is 0 Å². The summed E-state index contributed by atoms with van der Waals surface area (Å²) < 4.78 is 0. The summed E-state index contributed by atoms with van der Waals surface area (Å²) in [7, 11) is 0. The van der Waals surface area contributed by atoms with Crippen LogP contribution in [0.4, 0.5) is 0 Å². The quantitative estimate of drug-likeness (QED) is 0.319. The van der Waals surface area contributed by atoms with Crippen LogP contribution in [0.25, 0.3) is 0 Å². The maximum absolute atomic E-state index is 0. The van der Waals surface area contributed by atoms with Crippen molar-refractivity contribution in [1.29, 1.82) is 0 Å². The molecule has 0 saturated heterocycles. The molecule has 0 fully saturated rings. The fourth-order valence-corrected chi connectivity index (χ4v) is 0. The van der Waals surface area contributed by atoms with E-state index in [2.05, 4.69) is 0 Å². The van der Waals surface area contributed by atoms with Gasteiger partial charge in [0, 0.05) is 17.4 Å². The van der Waals surface area contributed by atoms with Crippen LogP contribution in [0.5, 0.6) is 0 Å². The Kier molecular flexibility index (Phi) is 607. The van der Waals surface area contributed by atoms with Crippen LogP contribution in [-0.4, -0.2) is 0 Å². The Labute approximate surface area is 70.0 Å². The molecule has 5 heteroatoms. The average molecular weight is 140 g/mol. The molecule has 5 heavy (non-hydrogen) atoms. The van der Waals surface area contributed by atoms with E-state index in [-0.39, 0.29) is 70.3 Å². The first-order valence-corrected chi connectivity index (χ1v) is 0. The van der Waals surface area contributed by atoms with Crippen LogP contribution in [0.2, 0.25) is 0 Å². The predicted octanol–water partition coefficient (Wildman–Crippen LogP) is -3.13. The first-order chi connectivity index (χ1) is 0. The molecule has 0 N–H and O–H groups in total. The molecule has 0 bridgehead atoms. The van der Waals surface area contributed by atoms with Gasteiger partial charge in [-0.2, -0.15) is 0 Å². The van der Waals surface area contributed by atoms with Crippen molar-refractivity contribution < 1.29 is 70.3 Å². The molecule has 0 unspecified atom stereocenters. The second kappa shape index (κ2) is 42.0. The summed E-state index contributed by atoms with van der Waals surface area (Å²) in [6.45, 7) is 0. The fourth-order valence-electron chi connectivity index (χ4n) is 0. The summed E-state index contributed by atoms with van der Waals surface area (Å²) in [5.41, 5.74) is 0. The summed E-state index contributed by atoms with van der Waals surface area (Å²) in [5, 5.41) is 0. The van der Waals surface area contributed by atoms with Gasteiger partial charge in [0.25, 0.3) is 0 Å². The van der Waals surface area contributed by atoms with E-state index in [1.54, 1.807) is 0 Å². The molecule has 24 valence electrons. The fraction of sp³-hybridized carbons (Fsp3) is 0. The second-order valence-corrected chi connectivity index (χ2v) is 0. The van der Waals surface area contributed by atoms with Crippen molar-refractivity contribution in [3.05, 3.63) is 0 Å². The van der Waals surface area contributed by atoms with E-state index in [0.717, 1.165) is 0 Å². The van der Waals surface area contributed by atoms with Gasteiger partial charge in [0.15, 0.2) is 0 Å². The Morgan fingerprint density at radius 1 is 1.00 bits per heavy atom. The SMILES string of the molecule is [Cr].[H-].[Li+].[O-2].[O-2].[Ti+4]. The molecule has 0 aliphatic carbocycles. The molecular formula is HCrLiO2Ti. The summed E-state index contributed by atoms with van der Waals surface area (Å²) in [5.74, 6) is 0. The summed E-state index contributed by atoms with van der Waals surface area (Å²) in [6.07, 6.45) is 0. The van der Waals surface area contributed by atoms with Crippen molar-refractivity contribution >= 4 is 0 Å². The molecule has 0 radical (unpaired) electrons. The van der Waals surface area contributed by atoms with Crippen molar-refractivity contribution in [2.45, 2.75) is 0 Å². The molecule has 0 spiro atoms. The Bertz CT molecular complexity index is 13.5. The van der Waals surface area contributed by atoms with Gasteiger partial charge < -0.3 is 12.4 Å². The van der Waals surface area contributed by atoms with E-state index in [1.165, 1.54) is 0 Å². The van der Waals surface area contributed by atoms with E-state index in [1.807, 2.05) is 0 Å². The zero-order valence-corrected chi connectivity index (χ0v) is 5.56. The van der Waals surface area contributed by atoms with Crippen LogP contribution in [-0.2, 0) is 50.0 Å². The molecule has 2 nitrogen and oxygen atoms in total. The van der Waals surface area contributed by atoms with Gasteiger partial charge in [-0.05, 0) is 0 Å². The maximum atomic E-state index is 0. The monoisotopic (exact) mass is 140 g/mol. The van der Waals surface area contributed by atoms with E-state index < -0.39 is 0 Å². The molecule has 0 amide bonds. The topological polar surface area (TPSA) is 57.0 Å². The summed E-state index contributed by atoms with van der Waals surface area (Å²) in [6, 6.07) is 0. The zero-order chi connectivity index (χ0) is 0. The third kappa shape index (κ3) is 26.2. The van der Waals surface area contributed by atoms with Gasteiger partial charge in [-0.3, -0.25) is 0 Å². The number of rotatable bonds is 0. The molecule has 0 aromatic heterocycles. The van der Waals surface area contributed by atoms with Crippen molar-refractivity contribution in [1.82, 2.24) is 0 Å². The average Bonchev–Trinajstić information content (AvgIpc) is 0. The Morgan fingerprint density at radius 2 is 1.00 bits per heavy atom. The van der Waals surface area contributed by atoms with Crippen LogP contribution in [0.1, 0.15) is 1.43 Å². The van der Waals surface area contributed by atoms with Crippen molar-refractivity contribution in [3.63, 3.8) is 0 Å². The third-order valence-electron chi connectivity index (χ3n) is 0. The molecule has 0 aromatic carbocycles. The molecule has 0 atom stereocenters. The van der Waals surface area contributed by atoms with Gasteiger partial charge in [-0.15, -0.1) is 0 Å². The van der Waals surface area contributed by atoms with Crippen LogP contribution in [0, 0.1) is 0 Å². The first-order valence-electron chi connectivity index (χ1n) is 0. The van der Waals surface area contributed by atoms with Crippen LogP contribution < -0.4 is 18.9 Å². The summed E-state index contributed by atoms with van der Waals surface area (Å²) in [4.78, 5) is 0. The Balaban J connectivity index is 0. The normalized spacial score (nSPS) is 0. The number of hydrogen-bond acceptors (Lipinski definition) is 0. The minimum atomic E-state index is 0. The van der Waals surface area contributed by atoms with E-state index in [9.17, 15) is 0 Å². The molecule has 0 aliphatic rings. The van der Waals surface area contributed by atoms with Gasteiger partial charge in [-0.25, -0.2) is 0 Å². The first kappa shape index (κ1) is 72.2. The van der Waals surface area contributed by atoms with Crippen molar-refractivity contribution in [2.24, 2.45) is 0 Å². The van der Waals surface area contributed by atoms with Crippen molar-refractivity contribution in [3.8, 4) is 0 Å². The predicted molar refractivity (Wildman–Crippen MR) is 2.49 cm³/mol. The molecule has 0 heterocycles. The largest absolute Gasteiger partial charge is 4.00 e. The molecule has 0 saturated carbocycles. The van der Waals surface area contributed by atoms with Gasteiger partial charge in [-0.1, -0.05) is 0 Å². The van der Waals surface area contributed by atoms with Crippen LogP contribution in [0.3, 0.4) is 0 Å². The molecule has 0 aliphatic heterocycles. The Morgan fingerprint density at radius 3 is 1.00 bits per heavy atom. The minimum absolute atomic E-state index is 0. The standard InChI is InChI=1S/Cr.Li.2O.Ti.H/q;+1;2*-2;+4;-1.